The van der Waals surface area contributed by atoms with E-state index in [-0.39, 0.29) is 16.3 Å². The van der Waals surface area contributed by atoms with Gasteiger partial charge in [-0.1, -0.05) is 65.7 Å². The van der Waals surface area contributed by atoms with E-state index in [2.05, 4.69) is 11.4 Å². The normalized spacial score (nSPS) is 15.1. The summed E-state index contributed by atoms with van der Waals surface area (Å²) in [5, 5.41) is 2.41. The highest BCUT2D eigenvalue weighted by molar-refractivity contribution is 6.42. The summed E-state index contributed by atoms with van der Waals surface area (Å²) in [5.41, 5.74) is 2.87. The Labute approximate surface area is 190 Å². The molecule has 0 radical (unpaired) electrons. The number of anilines is 1. The quantitative estimate of drug-likeness (QED) is 0.447. The first-order valence-electron chi connectivity index (χ1n) is 9.87. The van der Waals surface area contributed by atoms with Gasteiger partial charge in [-0.25, -0.2) is 9.69 Å². The molecule has 3 aromatic carbocycles. The number of carbonyl (C=O) groups is 3. The number of halogens is 1. The zero-order valence-corrected chi connectivity index (χ0v) is 17.9. The number of urea groups is 1. The number of para-hydroxylation sites is 1. The molecule has 0 saturated carbocycles. The van der Waals surface area contributed by atoms with Crippen molar-refractivity contribution in [2.75, 3.05) is 4.90 Å². The minimum Gasteiger partial charge on any atom is -0.489 e. The Morgan fingerprint density at radius 1 is 0.969 bits per heavy atom. The second-order valence-electron chi connectivity index (χ2n) is 7.26. The molecule has 0 unspecified atom stereocenters. The van der Waals surface area contributed by atoms with E-state index in [1.165, 1.54) is 12.1 Å². The molecule has 7 heteroatoms. The molecular weight excluding hydrogens is 428 g/mol. The summed E-state index contributed by atoms with van der Waals surface area (Å²) in [5.74, 6) is -0.851. The Kier molecular flexibility index (Phi) is 6.05. The Morgan fingerprint density at radius 2 is 1.72 bits per heavy atom. The minimum atomic E-state index is -0.842. The van der Waals surface area contributed by atoms with Crippen molar-refractivity contribution in [2.24, 2.45) is 0 Å². The van der Waals surface area contributed by atoms with Gasteiger partial charge in [0.25, 0.3) is 11.8 Å². The van der Waals surface area contributed by atoms with Gasteiger partial charge in [0.15, 0.2) is 0 Å². The number of aryl methyl sites for hydroxylation is 1. The van der Waals surface area contributed by atoms with Crippen LogP contribution >= 0.6 is 11.6 Å². The summed E-state index contributed by atoms with van der Waals surface area (Å²) >= 11 is 6.14. The molecule has 6 nitrogen and oxygen atoms in total. The van der Waals surface area contributed by atoms with Crippen LogP contribution in [0.25, 0.3) is 6.08 Å². The van der Waals surface area contributed by atoms with Crippen molar-refractivity contribution in [3.63, 3.8) is 0 Å². The maximum Gasteiger partial charge on any atom is 0.335 e. The van der Waals surface area contributed by atoms with Crippen LogP contribution in [-0.4, -0.2) is 17.8 Å². The van der Waals surface area contributed by atoms with Crippen LogP contribution in [0.2, 0.25) is 5.02 Å². The molecule has 1 fully saturated rings. The number of hydrogen-bond donors (Lipinski definition) is 1. The van der Waals surface area contributed by atoms with Gasteiger partial charge in [-0.05, 0) is 48.4 Å². The summed E-state index contributed by atoms with van der Waals surface area (Å²) in [4.78, 5) is 38.4. The van der Waals surface area contributed by atoms with E-state index in [4.69, 9.17) is 16.3 Å². The van der Waals surface area contributed by atoms with Crippen molar-refractivity contribution in [1.82, 2.24) is 5.32 Å². The second kappa shape index (κ2) is 9.08. The van der Waals surface area contributed by atoms with E-state index >= 15 is 0 Å². The number of amides is 4. The third-order valence-corrected chi connectivity index (χ3v) is 5.19. The summed E-state index contributed by atoms with van der Waals surface area (Å²) in [6.07, 6.45) is 1.43. The summed E-state index contributed by atoms with van der Waals surface area (Å²) in [6, 6.07) is 20.6. The maximum absolute atomic E-state index is 12.9. The molecule has 1 aliphatic rings. The number of hydrogen-bond acceptors (Lipinski definition) is 4. The first-order chi connectivity index (χ1) is 15.4. The predicted molar refractivity (Wildman–Crippen MR) is 122 cm³/mol. The SMILES string of the molecule is Cc1cccc(COc2ccc(/C=C3\C(=O)NC(=O)N(c4ccccc4Cl)C3=O)cc2)c1. The van der Waals surface area contributed by atoms with Gasteiger partial charge in [-0.2, -0.15) is 0 Å². The van der Waals surface area contributed by atoms with Crippen molar-refractivity contribution < 1.29 is 19.1 Å². The van der Waals surface area contributed by atoms with Crippen molar-refractivity contribution in [3.05, 3.63) is 100 Å². The van der Waals surface area contributed by atoms with Gasteiger partial charge in [-0.3, -0.25) is 14.9 Å². The molecule has 0 atom stereocenters. The van der Waals surface area contributed by atoms with Gasteiger partial charge in [0.05, 0.1) is 10.7 Å². The summed E-state index contributed by atoms with van der Waals surface area (Å²) in [6.45, 7) is 2.45. The van der Waals surface area contributed by atoms with Crippen LogP contribution in [0.5, 0.6) is 5.75 Å². The molecule has 32 heavy (non-hydrogen) atoms. The fourth-order valence-electron chi connectivity index (χ4n) is 3.30. The van der Waals surface area contributed by atoms with E-state index in [1.54, 1.807) is 42.5 Å². The molecule has 0 aliphatic carbocycles. The molecular formula is C25H19ClN2O4. The lowest BCUT2D eigenvalue weighted by Gasteiger charge is -2.27. The third-order valence-electron chi connectivity index (χ3n) is 4.87. The molecule has 1 N–H and O–H groups in total. The maximum atomic E-state index is 12.9. The molecule has 0 bridgehead atoms. The van der Waals surface area contributed by atoms with Crippen LogP contribution in [0.15, 0.2) is 78.4 Å². The fourth-order valence-corrected chi connectivity index (χ4v) is 3.53. The smallest absolute Gasteiger partial charge is 0.335 e. The van der Waals surface area contributed by atoms with E-state index in [9.17, 15) is 14.4 Å². The van der Waals surface area contributed by atoms with Crippen LogP contribution in [0.1, 0.15) is 16.7 Å². The van der Waals surface area contributed by atoms with Gasteiger partial charge >= 0.3 is 6.03 Å². The van der Waals surface area contributed by atoms with Crippen LogP contribution in [0, 0.1) is 6.92 Å². The molecule has 3 aromatic rings. The zero-order valence-electron chi connectivity index (χ0n) is 17.2. The number of carbonyl (C=O) groups excluding carboxylic acids is 3. The predicted octanol–water partition coefficient (Wildman–Crippen LogP) is 4.89. The fraction of sp³-hybridized carbons (Fsp3) is 0.0800. The van der Waals surface area contributed by atoms with Crippen LogP contribution in [0.3, 0.4) is 0 Å². The number of rotatable bonds is 5. The van der Waals surface area contributed by atoms with Gasteiger partial charge in [0.2, 0.25) is 0 Å². The van der Waals surface area contributed by atoms with Crippen LogP contribution in [-0.2, 0) is 16.2 Å². The highest BCUT2D eigenvalue weighted by Gasteiger charge is 2.37. The molecule has 1 saturated heterocycles. The third kappa shape index (κ3) is 4.55. The number of nitrogens with zero attached hydrogens (tertiary/aromatic N) is 1. The highest BCUT2D eigenvalue weighted by atomic mass is 35.5. The average Bonchev–Trinajstić information content (AvgIpc) is 2.77. The van der Waals surface area contributed by atoms with E-state index < -0.39 is 17.8 Å². The standard InChI is InChI=1S/C25H19ClN2O4/c1-16-5-4-6-18(13-16)15-32-19-11-9-17(10-12-19)14-20-23(29)27-25(31)28(24(20)30)22-8-3-2-7-21(22)26/h2-14H,15H2,1H3,(H,27,29,31)/b20-14+. The minimum absolute atomic E-state index is 0.169. The van der Waals surface area contributed by atoms with Gasteiger partial charge in [-0.15, -0.1) is 0 Å². The lowest BCUT2D eigenvalue weighted by Crippen LogP contribution is -2.54. The number of ether oxygens (including phenoxy) is 1. The Morgan fingerprint density at radius 3 is 2.44 bits per heavy atom. The van der Waals surface area contributed by atoms with Crippen molar-refractivity contribution in [1.29, 1.82) is 0 Å². The Hall–Kier alpha value is -3.90. The van der Waals surface area contributed by atoms with Gasteiger partial charge in [0, 0.05) is 0 Å². The summed E-state index contributed by atoms with van der Waals surface area (Å²) < 4.78 is 5.80. The Bertz CT molecular complexity index is 1230. The monoisotopic (exact) mass is 446 g/mol. The molecule has 1 aliphatic heterocycles. The first-order valence-corrected chi connectivity index (χ1v) is 10.2. The molecule has 4 amide bonds. The number of benzene rings is 3. The molecule has 160 valence electrons. The molecule has 0 spiro atoms. The van der Waals surface area contributed by atoms with Crippen molar-refractivity contribution in [3.8, 4) is 5.75 Å². The number of nitrogens with one attached hydrogen (secondary N) is 1. The summed E-state index contributed by atoms with van der Waals surface area (Å²) in [7, 11) is 0. The zero-order chi connectivity index (χ0) is 22.7. The van der Waals surface area contributed by atoms with Crippen LogP contribution < -0.4 is 15.0 Å². The Balaban J connectivity index is 1.53. The largest absolute Gasteiger partial charge is 0.489 e. The lowest BCUT2D eigenvalue weighted by atomic mass is 10.1. The lowest BCUT2D eigenvalue weighted by molar-refractivity contribution is -0.122. The molecule has 4 rings (SSSR count). The highest BCUT2D eigenvalue weighted by Crippen LogP contribution is 2.29. The van der Waals surface area contributed by atoms with Gasteiger partial charge < -0.3 is 4.74 Å². The van der Waals surface area contributed by atoms with Crippen molar-refractivity contribution in [2.45, 2.75) is 13.5 Å². The van der Waals surface area contributed by atoms with Gasteiger partial charge in [0.1, 0.15) is 17.9 Å². The van der Waals surface area contributed by atoms with E-state index in [1.807, 2.05) is 25.1 Å². The average molecular weight is 447 g/mol. The van der Waals surface area contributed by atoms with E-state index in [0.29, 0.717) is 17.9 Å². The molecule has 0 aromatic heterocycles. The first kappa shape index (κ1) is 21.3. The van der Waals surface area contributed by atoms with Crippen molar-refractivity contribution >= 4 is 41.2 Å². The number of barbiturate groups is 1. The second-order valence-corrected chi connectivity index (χ2v) is 7.66. The topological polar surface area (TPSA) is 75.7 Å². The van der Waals surface area contributed by atoms with E-state index in [0.717, 1.165) is 16.0 Å². The molecule has 1 heterocycles. The van der Waals surface area contributed by atoms with Crippen LogP contribution in [0.4, 0.5) is 10.5 Å². The number of imide groups is 2.